The van der Waals surface area contributed by atoms with Crippen LogP contribution in [-0.4, -0.2) is 23.5 Å². The third-order valence-corrected chi connectivity index (χ3v) is 3.04. The Bertz CT molecular complexity index is 685. The monoisotopic (exact) mass is 327 g/mol. The first-order chi connectivity index (χ1) is 9.95. The zero-order valence-corrected chi connectivity index (χ0v) is 12.5. The van der Waals surface area contributed by atoms with Gasteiger partial charge in [-0.05, 0) is 25.1 Å². The number of hydrogen-bond donors (Lipinski definition) is 2. The summed E-state index contributed by atoms with van der Waals surface area (Å²) in [4.78, 5) is 23.6. The molecule has 0 aliphatic heterocycles. The van der Waals surface area contributed by atoms with Gasteiger partial charge < -0.3 is 15.2 Å². The predicted molar refractivity (Wildman–Crippen MR) is 78.7 cm³/mol. The molecule has 0 fully saturated rings. The number of carbonyl (C=O) groups excluding carboxylic acids is 2. The Morgan fingerprint density at radius 2 is 2.05 bits per heavy atom. The van der Waals surface area contributed by atoms with E-state index in [4.69, 9.17) is 27.7 Å². The van der Waals surface area contributed by atoms with E-state index < -0.39 is 11.8 Å². The summed E-state index contributed by atoms with van der Waals surface area (Å²) in [5, 5.41) is 9.16. The molecule has 0 radical (unpaired) electrons. The van der Waals surface area contributed by atoms with E-state index in [1.807, 2.05) is 0 Å². The fourth-order valence-electron chi connectivity index (χ4n) is 1.54. The van der Waals surface area contributed by atoms with Crippen molar-refractivity contribution in [2.75, 3.05) is 11.9 Å². The first-order valence-corrected chi connectivity index (χ1v) is 6.67. The van der Waals surface area contributed by atoms with Crippen LogP contribution in [0.25, 0.3) is 0 Å². The average molecular weight is 328 g/mol. The van der Waals surface area contributed by atoms with Crippen LogP contribution in [0.2, 0.25) is 10.0 Å². The second kappa shape index (κ2) is 6.60. The van der Waals surface area contributed by atoms with Crippen molar-refractivity contribution in [2.45, 2.75) is 6.92 Å². The summed E-state index contributed by atoms with van der Waals surface area (Å²) in [6.45, 7) is 1.47. The SMILES string of the molecule is Cc1cc(NC(=O)CNC(=O)c2cc(Cl)ccc2Cl)no1. The third kappa shape index (κ3) is 4.21. The van der Waals surface area contributed by atoms with Crippen LogP contribution in [0.5, 0.6) is 0 Å². The van der Waals surface area contributed by atoms with Crippen molar-refractivity contribution < 1.29 is 14.1 Å². The summed E-state index contributed by atoms with van der Waals surface area (Å²) >= 11 is 11.7. The highest BCUT2D eigenvalue weighted by Gasteiger charge is 2.13. The van der Waals surface area contributed by atoms with Gasteiger partial charge >= 0.3 is 0 Å². The molecule has 1 aromatic heterocycles. The van der Waals surface area contributed by atoms with Crippen molar-refractivity contribution in [1.29, 1.82) is 0 Å². The molecule has 0 bridgehead atoms. The van der Waals surface area contributed by atoms with Crippen molar-refractivity contribution in [3.05, 3.63) is 45.6 Å². The van der Waals surface area contributed by atoms with Gasteiger partial charge in [-0.1, -0.05) is 28.4 Å². The quantitative estimate of drug-likeness (QED) is 0.904. The van der Waals surface area contributed by atoms with Crippen molar-refractivity contribution in [2.24, 2.45) is 0 Å². The van der Waals surface area contributed by atoms with Crippen LogP contribution in [0, 0.1) is 6.92 Å². The molecule has 2 rings (SSSR count). The highest BCUT2D eigenvalue weighted by Crippen LogP contribution is 2.20. The first kappa shape index (κ1) is 15.3. The summed E-state index contributed by atoms with van der Waals surface area (Å²) in [5.74, 6) is -0.0728. The molecule has 110 valence electrons. The second-order valence-electron chi connectivity index (χ2n) is 4.18. The normalized spacial score (nSPS) is 10.2. The van der Waals surface area contributed by atoms with Crippen LogP contribution < -0.4 is 10.6 Å². The standard InChI is InChI=1S/C13H11Cl2N3O3/c1-7-4-11(18-21-7)17-12(19)6-16-13(20)9-5-8(14)2-3-10(9)15/h2-5H,6H2,1H3,(H,16,20)(H,17,18,19). The minimum atomic E-state index is -0.492. The molecule has 6 nitrogen and oxygen atoms in total. The van der Waals surface area contributed by atoms with E-state index in [1.165, 1.54) is 12.1 Å². The highest BCUT2D eigenvalue weighted by molar-refractivity contribution is 6.35. The van der Waals surface area contributed by atoms with Crippen LogP contribution in [0.15, 0.2) is 28.8 Å². The summed E-state index contributed by atoms with van der Waals surface area (Å²) in [6.07, 6.45) is 0. The largest absolute Gasteiger partial charge is 0.360 e. The molecule has 2 aromatic rings. The van der Waals surface area contributed by atoms with E-state index in [2.05, 4.69) is 15.8 Å². The Hall–Kier alpha value is -2.05. The highest BCUT2D eigenvalue weighted by atomic mass is 35.5. The number of halogens is 2. The number of anilines is 1. The minimum absolute atomic E-state index is 0.203. The van der Waals surface area contributed by atoms with Crippen LogP contribution in [0.1, 0.15) is 16.1 Å². The number of nitrogens with one attached hydrogen (secondary N) is 2. The van der Waals surface area contributed by atoms with Crippen molar-refractivity contribution in [3.8, 4) is 0 Å². The Morgan fingerprint density at radius 3 is 2.71 bits per heavy atom. The molecule has 0 spiro atoms. The molecular weight excluding hydrogens is 317 g/mol. The van der Waals surface area contributed by atoms with Gasteiger partial charge in [0.05, 0.1) is 17.1 Å². The van der Waals surface area contributed by atoms with E-state index in [0.717, 1.165) is 0 Å². The molecule has 1 aromatic carbocycles. The molecule has 0 saturated carbocycles. The van der Waals surface area contributed by atoms with Gasteiger partial charge in [-0.2, -0.15) is 0 Å². The first-order valence-electron chi connectivity index (χ1n) is 5.92. The Balaban J connectivity index is 1.91. The number of nitrogens with zero attached hydrogens (tertiary/aromatic N) is 1. The van der Waals surface area contributed by atoms with Crippen molar-refractivity contribution in [3.63, 3.8) is 0 Å². The Morgan fingerprint density at radius 1 is 1.29 bits per heavy atom. The number of aromatic nitrogens is 1. The van der Waals surface area contributed by atoms with Crippen LogP contribution in [-0.2, 0) is 4.79 Å². The van der Waals surface area contributed by atoms with Gasteiger partial charge in [0, 0.05) is 11.1 Å². The van der Waals surface area contributed by atoms with E-state index in [0.29, 0.717) is 10.8 Å². The molecule has 0 atom stereocenters. The lowest BCUT2D eigenvalue weighted by molar-refractivity contribution is -0.115. The number of benzene rings is 1. The topological polar surface area (TPSA) is 84.2 Å². The minimum Gasteiger partial charge on any atom is -0.360 e. The van der Waals surface area contributed by atoms with Gasteiger partial charge in [0.2, 0.25) is 5.91 Å². The average Bonchev–Trinajstić information content (AvgIpc) is 2.84. The fourth-order valence-corrected chi connectivity index (χ4v) is 1.92. The molecule has 0 aliphatic rings. The molecule has 2 N–H and O–H groups in total. The maximum atomic E-state index is 11.9. The molecular formula is C13H11Cl2N3O3. The summed E-state index contributed by atoms with van der Waals surface area (Å²) in [7, 11) is 0. The summed E-state index contributed by atoms with van der Waals surface area (Å²) in [5.41, 5.74) is 0.203. The van der Waals surface area contributed by atoms with Gasteiger partial charge in [0.15, 0.2) is 5.82 Å². The Kier molecular flexibility index (Phi) is 4.82. The van der Waals surface area contributed by atoms with Crippen molar-refractivity contribution >= 4 is 40.8 Å². The number of hydrogen-bond acceptors (Lipinski definition) is 4. The maximum absolute atomic E-state index is 11.9. The molecule has 0 unspecified atom stereocenters. The molecule has 21 heavy (non-hydrogen) atoms. The van der Waals surface area contributed by atoms with Crippen LogP contribution >= 0.6 is 23.2 Å². The summed E-state index contributed by atoms with van der Waals surface area (Å²) in [6, 6.07) is 6.07. The van der Waals surface area contributed by atoms with Gasteiger partial charge in [-0.15, -0.1) is 0 Å². The smallest absolute Gasteiger partial charge is 0.253 e. The van der Waals surface area contributed by atoms with Gasteiger partial charge in [-0.3, -0.25) is 9.59 Å². The van der Waals surface area contributed by atoms with Gasteiger partial charge in [0.25, 0.3) is 5.91 Å². The van der Waals surface area contributed by atoms with Crippen LogP contribution in [0.3, 0.4) is 0 Å². The lowest BCUT2D eigenvalue weighted by Gasteiger charge is -2.06. The van der Waals surface area contributed by atoms with E-state index in [9.17, 15) is 9.59 Å². The molecule has 0 aliphatic carbocycles. The lowest BCUT2D eigenvalue weighted by atomic mass is 10.2. The second-order valence-corrected chi connectivity index (χ2v) is 5.02. The van der Waals surface area contributed by atoms with E-state index in [1.54, 1.807) is 19.1 Å². The molecule has 2 amide bonds. The number of amides is 2. The third-order valence-electron chi connectivity index (χ3n) is 2.48. The maximum Gasteiger partial charge on any atom is 0.253 e. The molecule has 1 heterocycles. The van der Waals surface area contributed by atoms with Gasteiger partial charge in [-0.25, -0.2) is 0 Å². The summed E-state index contributed by atoms with van der Waals surface area (Å²) < 4.78 is 4.81. The molecule has 0 saturated heterocycles. The molecule has 8 heteroatoms. The lowest BCUT2D eigenvalue weighted by Crippen LogP contribution is -2.33. The van der Waals surface area contributed by atoms with Crippen LogP contribution in [0.4, 0.5) is 5.82 Å². The van der Waals surface area contributed by atoms with Crippen molar-refractivity contribution in [1.82, 2.24) is 10.5 Å². The zero-order valence-electron chi connectivity index (χ0n) is 10.9. The fraction of sp³-hybridized carbons (Fsp3) is 0.154. The van der Waals surface area contributed by atoms with E-state index in [-0.39, 0.29) is 22.9 Å². The zero-order chi connectivity index (χ0) is 15.4. The number of carbonyl (C=O) groups is 2. The Labute approximate surface area is 130 Å². The number of aryl methyl sites for hydroxylation is 1. The van der Waals surface area contributed by atoms with Gasteiger partial charge in [0.1, 0.15) is 5.76 Å². The number of rotatable bonds is 4. The predicted octanol–water partition coefficient (Wildman–Crippen LogP) is 2.66. The van der Waals surface area contributed by atoms with E-state index >= 15 is 0 Å².